The van der Waals surface area contributed by atoms with E-state index in [1.807, 2.05) is 0 Å². The van der Waals surface area contributed by atoms with Gasteiger partial charge in [0.05, 0.1) is 22.4 Å². The molecule has 1 aromatic carbocycles. The molecule has 0 aromatic heterocycles. The lowest BCUT2D eigenvalue weighted by Gasteiger charge is -2.43. The predicted molar refractivity (Wildman–Crippen MR) is 90.1 cm³/mol. The van der Waals surface area contributed by atoms with Crippen LogP contribution in [0.15, 0.2) is 12.1 Å². The standard InChI is InChI=1S/C19H27NO3/c1-12(2)7-14-11-20-6-5-13-8-18(22-3)19(23-4)9-15(13)16(20)10-17(14)21/h8-9,12,14,16H,5-7,10-11H2,1-4H3/i3D3,5D2,6D2,8D,9D,10D2,11D2,14D,16D. The molecular weight excluding hydrogens is 290 g/mol. The van der Waals surface area contributed by atoms with Gasteiger partial charge >= 0.3 is 0 Å². The molecule has 1 aromatic rings. The summed E-state index contributed by atoms with van der Waals surface area (Å²) in [6.45, 7) is -4.19. The van der Waals surface area contributed by atoms with Crippen molar-refractivity contribution in [1.82, 2.24) is 4.90 Å². The molecule has 0 saturated carbocycles. The molecule has 0 bridgehead atoms. The molecule has 0 amide bonds. The number of rotatable bonds is 4. The Bertz CT molecular complexity index is 1180. The van der Waals surface area contributed by atoms with Gasteiger partial charge in [-0.15, -0.1) is 0 Å². The van der Waals surface area contributed by atoms with Crippen LogP contribution < -0.4 is 9.47 Å². The third-order valence-electron chi connectivity index (χ3n) is 3.36. The number of ether oxygens (including phenoxy) is 2. The topological polar surface area (TPSA) is 38.8 Å². The minimum Gasteiger partial charge on any atom is -0.493 e. The van der Waals surface area contributed by atoms with E-state index in [0.29, 0.717) is 0 Å². The second kappa shape index (κ2) is 6.52. The summed E-state index contributed by atoms with van der Waals surface area (Å²) in [4.78, 5) is 13.4. The molecule has 1 fully saturated rings. The number of ketones is 1. The normalized spacial score (nSPS) is 49.6. The van der Waals surface area contributed by atoms with Crippen molar-refractivity contribution in [2.75, 3.05) is 27.1 Å². The summed E-state index contributed by atoms with van der Waals surface area (Å²) in [6.07, 6.45) is -7.75. The lowest BCUT2D eigenvalue weighted by atomic mass is 9.80. The van der Waals surface area contributed by atoms with Gasteiger partial charge in [0.15, 0.2) is 11.5 Å². The molecule has 23 heavy (non-hydrogen) atoms. The van der Waals surface area contributed by atoms with Gasteiger partial charge in [0.1, 0.15) is 5.78 Å². The van der Waals surface area contributed by atoms with E-state index < -0.39 is 97.5 Å². The smallest absolute Gasteiger partial charge is 0.161 e. The molecule has 3 rings (SSSR count). The first kappa shape index (κ1) is 6.07. The van der Waals surface area contributed by atoms with E-state index in [-0.39, 0.29) is 4.90 Å². The quantitative estimate of drug-likeness (QED) is 0.848. The minimum absolute atomic E-state index is 0.173. The van der Waals surface area contributed by atoms with Crippen LogP contribution in [0.1, 0.15) is 64.3 Å². The first-order valence-corrected chi connectivity index (χ1v) is 7.06. The first-order valence-electron chi connectivity index (χ1n) is 14.6. The SMILES string of the molecule is [2H]c1c(OC([2H])([2H])[2H])c(OC)c([2H])c2c1C([2H])([2H])C([2H])([2H])N1C([2H])([2H])C([2H])(CC(C)C)C(=O)C([2H])([2H])C21[2H]. The molecule has 2 atom stereocenters. The Morgan fingerprint density at radius 2 is 2.26 bits per heavy atom. The maximum absolute atomic E-state index is 13.6. The van der Waals surface area contributed by atoms with Gasteiger partial charge < -0.3 is 9.47 Å². The Labute approximate surface area is 159 Å². The van der Waals surface area contributed by atoms with E-state index in [2.05, 4.69) is 0 Å². The number of carbonyl (C=O) groups is 1. The van der Waals surface area contributed by atoms with Crippen LogP contribution in [0.2, 0.25) is 0 Å². The summed E-state index contributed by atoms with van der Waals surface area (Å²) in [5.41, 5.74) is -2.29. The highest BCUT2D eigenvalue weighted by Crippen LogP contribution is 2.42. The van der Waals surface area contributed by atoms with Crippen molar-refractivity contribution < 1.29 is 34.8 Å². The average Bonchev–Trinajstić information content (AvgIpc) is 2.71. The van der Waals surface area contributed by atoms with Gasteiger partial charge in [-0.3, -0.25) is 9.69 Å². The van der Waals surface area contributed by atoms with Crippen LogP contribution in [0.5, 0.6) is 11.5 Å². The number of methoxy groups -OCH3 is 2. The van der Waals surface area contributed by atoms with E-state index in [0.717, 1.165) is 7.11 Å². The van der Waals surface area contributed by atoms with E-state index in [1.165, 1.54) is 13.8 Å². The zero-order chi connectivity index (χ0) is 29.8. The fourth-order valence-corrected chi connectivity index (χ4v) is 2.35. The Hall–Kier alpha value is -1.55. The predicted octanol–water partition coefficient (Wildman–Crippen LogP) is 3.24. The molecular formula is C19H27NO3. The van der Waals surface area contributed by atoms with Gasteiger partial charge in [-0.2, -0.15) is 0 Å². The van der Waals surface area contributed by atoms with Crippen LogP contribution in [0.25, 0.3) is 0 Å². The Morgan fingerprint density at radius 1 is 1.48 bits per heavy atom. The monoisotopic (exact) mass is 332 g/mol. The van der Waals surface area contributed by atoms with Crippen LogP contribution in [-0.4, -0.2) is 37.8 Å². The zero-order valence-corrected chi connectivity index (χ0v) is 13.0. The van der Waals surface area contributed by atoms with Gasteiger partial charge in [0.2, 0.25) is 0 Å². The largest absolute Gasteiger partial charge is 0.493 e. The van der Waals surface area contributed by atoms with Crippen molar-refractivity contribution in [2.45, 2.75) is 39.0 Å². The number of carbonyl (C=O) groups excluding carboxylic acids is 1. The summed E-state index contributed by atoms with van der Waals surface area (Å²) < 4.78 is 136. The molecule has 2 heterocycles. The molecule has 2 aliphatic rings. The van der Waals surface area contributed by atoms with Crippen LogP contribution in [0.3, 0.4) is 0 Å². The van der Waals surface area contributed by atoms with Gasteiger partial charge in [0.25, 0.3) is 0 Å². The van der Waals surface area contributed by atoms with E-state index in [1.54, 1.807) is 0 Å². The van der Waals surface area contributed by atoms with Crippen LogP contribution in [0, 0.1) is 11.8 Å². The van der Waals surface area contributed by atoms with Crippen molar-refractivity contribution in [3.05, 3.63) is 23.2 Å². The third kappa shape index (κ3) is 3.09. The molecule has 126 valence electrons. The number of nitrogens with zero attached hydrogens (tertiary/aromatic N) is 1. The molecule has 0 spiro atoms. The third-order valence-corrected chi connectivity index (χ3v) is 3.36. The van der Waals surface area contributed by atoms with Crippen molar-refractivity contribution in [2.24, 2.45) is 11.8 Å². The van der Waals surface area contributed by atoms with Crippen molar-refractivity contribution in [1.29, 1.82) is 0 Å². The minimum atomic E-state index is -3.71. The van der Waals surface area contributed by atoms with Crippen LogP contribution >= 0.6 is 0 Å². The number of Topliss-reactive ketones (excluding diaryl/α,β-unsaturated/α-hetero) is 1. The zero-order valence-electron chi connectivity index (χ0n) is 28.0. The summed E-state index contributed by atoms with van der Waals surface area (Å²) in [6, 6.07) is -5.83. The fraction of sp³-hybridized carbons (Fsp3) is 0.632. The lowest BCUT2D eigenvalue weighted by Crippen LogP contribution is -2.46. The molecule has 0 radical (unpaired) electrons. The van der Waals surface area contributed by atoms with Gasteiger partial charge in [-0.25, -0.2) is 0 Å². The number of benzene rings is 1. The molecule has 2 aliphatic heterocycles. The summed E-state index contributed by atoms with van der Waals surface area (Å²) in [5, 5.41) is 0. The number of hydrogen-bond donors (Lipinski definition) is 0. The average molecular weight is 333 g/mol. The number of piperidine rings is 1. The van der Waals surface area contributed by atoms with E-state index in [9.17, 15) is 6.17 Å². The van der Waals surface area contributed by atoms with Crippen LogP contribution in [0.4, 0.5) is 0 Å². The fourth-order valence-electron chi connectivity index (χ4n) is 2.35. The summed E-state index contributed by atoms with van der Waals surface area (Å²) in [7, 11) is -2.32. The first-order chi connectivity index (χ1) is 16.8. The summed E-state index contributed by atoms with van der Waals surface area (Å²) >= 11 is 0. The maximum Gasteiger partial charge on any atom is 0.161 e. The molecule has 0 N–H and O–H groups in total. The van der Waals surface area contributed by atoms with Crippen molar-refractivity contribution in [3.8, 4) is 11.5 Å². The second-order valence-electron chi connectivity index (χ2n) is 5.53. The van der Waals surface area contributed by atoms with Crippen molar-refractivity contribution in [3.63, 3.8) is 0 Å². The van der Waals surface area contributed by atoms with E-state index in [4.69, 9.17) is 28.7 Å². The number of hydrogen-bond acceptors (Lipinski definition) is 4. The molecule has 1 saturated heterocycles. The van der Waals surface area contributed by atoms with Crippen molar-refractivity contribution >= 4 is 5.78 Å². The lowest BCUT2D eigenvalue weighted by molar-refractivity contribution is -0.129. The Kier molecular flexibility index (Phi) is 1.72. The molecule has 4 heteroatoms. The van der Waals surface area contributed by atoms with Gasteiger partial charge in [-0.05, 0) is 41.9 Å². The van der Waals surface area contributed by atoms with Crippen LogP contribution in [-0.2, 0) is 11.2 Å². The van der Waals surface area contributed by atoms with E-state index >= 15 is 0 Å². The Morgan fingerprint density at radius 3 is 2.96 bits per heavy atom. The molecule has 2 unspecified atom stereocenters. The highest BCUT2D eigenvalue weighted by molar-refractivity contribution is 5.83. The van der Waals surface area contributed by atoms with Gasteiger partial charge in [0, 0.05) is 43.6 Å². The Balaban J connectivity index is 2.62. The maximum atomic E-state index is 13.6. The second-order valence-corrected chi connectivity index (χ2v) is 5.53. The molecule has 4 nitrogen and oxygen atoms in total. The van der Waals surface area contributed by atoms with Gasteiger partial charge in [-0.1, -0.05) is 13.8 Å². The number of fused-ring (bicyclic) bond motifs is 3. The summed E-state index contributed by atoms with van der Waals surface area (Å²) in [5.74, 6) is -7.16. The highest BCUT2D eigenvalue weighted by Gasteiger charge is 2.38. The molecule has 0 aliphatic carbocycles. The highest BCUT2D eigenvalue weighted by atomic mass is 16.5.